The minimum absolute atomic E-state index is 0.144. The summed E-state index contributed by atoms with van der Waals surface area (Å²) in [5, 5.41) is 3.36. The third kappa shape index (κ3) is 4.88. The molecule has 1 aliphatic rings. The van der Waals surface area contributed by atoms with E-state index in [-0.39, 0.29) is 18.4 Å². The Morgan fingerprint density at radius 1 is 1.22 bits per heavy atom. The highest BCUT2D eigenvalue weighted by molar-refractivity contribution is 8.26. The molecule has 2 amide bonds. The Balaban J connectivity index is 1.65. The summed E-state index contributed by atoms with van der Waals surface area (Å²) in [6.07, 6.45) is 1.73. The quantitative estimate of drug-likeness (QED) is 0.582. The number of benzene rings is 2. The normalized spacial score (nSPS) is 15.3. The fourth-order valence-corrected chi connectivity index (χ4v) is 3.75. The fraction of sp³-hybridized carbons (Fsp3) is 0.105. The number of nitrogens with one attached hydrogen (secondary N) is 1. The van der Waals surface area contributed by atoms with E-state index in [0.29, 0.717) is 25.7 Å². The van der Waals surface area contributed by atoms with Gasteiger partial charge in [0.1, 0.15) is 16.6 Å². The van der Waals surface area contributed by atoms with Crippen LogP contribution in [0.3, 0.4) is 0 Å². The molecule has 1 fully saturated rings. The lowest BCUT2D eigenvalue weighted by molar-refractivity contribution is -0.126. The molecule has 138 valence electrons. The average molecular weight is 419 g/mol. The van der Waals surface area contributed by atoms with Crippen molar-refractivity contribution in [2.45, 2.75) is 0 Å². The molecule has 0 unspecified atom stereocenters. The number of thioether (sulfide) groups is 1. The van der Waals surface area contributed by atoms with Gasteiger partial charge in [0.25, 0.3) is 5.91 Å². The van der Waals surface area contributed by atoms with Crippen LogP contribution in [0.5, 0.6) is 5.75 Å². The van der Waals surface area contributed by atoms with E-state index < -0.39 is 0 Å². The Bertz CT molecular complexity index is 912. The second kappa shape index (κ2) is 8.56. The van der Waals surface area contributed by atoms with Crippen molar-refractivity contribution in [3.63, 3.8) is 0 Å². The lowest BCUT2D eigenvalue weighted by atomic mass is 10.2. The lowest BCUT2D eigenvalue weighted by Gasteiger charge is -2.14. The van der Waals surface area contributed by atoms with Gasteiger partial charge in [-0.1, -0.05) is 47.7 Å². The van der Waals surface area contributed by atoms with Crippen molar-refractivity contribution in [2.75, 3.05) is 19.0 Å². The Kier molecular flexibility index (Phi) is 6.15. The topological polar surface area (TPSA) is 58.6 Å². The van der Waals surface area contributed by atoms with Crippen molar-refractivity contribution in [3.8, 4) is 5.75 Å². The zero-order valence-corrected chi connectivity index (χ0v) is 16.7. The van der Waals surface area contributed by atoms with Gasteiger partial charge in [0.15, 0.2) is 0 Å². The van der Waals surface area contributed by atoms with Crippen molar-refractivity contribution in [3.05, 3.63) is 64.0 Å². The number of hydrogen-bond acceptors (Lipinski definition) is 5. The van der Waals surface area contributed by atoms with Crippen LogP contribution in [-0.2, 0) is 9.59 Å². The summed E-state index contributed by atoms with van der Waals surface area (Å²) in [7, 11) is 1.57. The van der Waals surface area contributed by atoms with E-state index in [2.05, 4.69) is 5.32 Å². The van der Waals surface area contributed by atoms with Crippen molar-refractivity contribution in [1.82, 2.24) is 4.90 Å². The van der Waals surface area contributed by atoms with Crippen molar-refractivity contribution in [1.29, 1.82) is 0 Å². The predicted molar refractivity (Wildman–Crippen MR) is 113 cm³/mol. The molecule has 2 aromatic carbocycles. The number of methoxy groups -OCH3 is 1. The van der Waals surface area contributed by atoms with Crippen LogP contribution in [0.4, 0.5) is 5.69 Å². The van der Waals surface area contributed by atoms with Crippen LogP contribution >= 0.6 is 35.6 Å². The second-order valence-electron chi connectivity index (χ2n) is 5.60. The smallest absolute Gasteiger partial charge is 0.266 e. The minimum atomic E-state index is -0.329. The van der Waals surface area contributed by atoms with Crippen LogP contribution in [-0.4, -0.2) is 34.7 Å². The molecule has 8 heteroatoms. The molecular weight excluding hydrogens is 404 g/mol. The summed E-state index contributed by atoms with van der Waals surface area (Å²) >= 11 is 12.3. The van der Waals surface area contributed by atoms with Crippen LogP contribution < -0.4 is 10.1 Å². The van der Waals surface area contributed by atoms with Crippen LogP contribution in [0.15, 0.2) is 53.4 Å². The van der Waals surface area contributed by atoms with E-state index in [4.69, 9.17) is 28.6 Å². The Labute approximate surface area is 171 Å². The molecular formula is C19H15ClN2O3S2. The van der Waals surface area contributed by atoms with Gasteiger partial charge >= 0.3 is 0 Å². The number of hydrogen-bond donors (Lipinski definition) is 1. The van der Waals surface area contributed by atoms with Crippen LogP contribution in [0.25, 0.3) is 6.08 Å². The summed E-state index contributed by atoms with van der Waals surface area (Å²) < 4.78 is 5.43. The summed E-state index contributed by atoms with van der Waals surface area (Å²) in [6, 6.07) is 14.0. The standard InChI is InChI=1S/C19H15ClN2O3S2/c1-25-15-8-6-14(7-9-15)21-17(23)11-22-18(24)16(27-19(22)26)10-12-2-4-13(20)5-3-12/h2-10H,11H2,1H3,(H,21,23)/b16-10-. The molecule has 0 aromatic heterocycles. The number of thiocarbonyl (C=S) groups is 1. The van der Waals surface area contributed by atoms with Gasteiger partial charge in [0.2, 0.25) is 5.91 Å². The van der Waals surface area contributed by atoms with Gasteiger partial charge in [-0.2, -0.15) is 0 Å². The van der Waals surface area contributed by atoms with Crippen LogP contribution in [0.1, 0.15) is 5.56 Å². The first-order valence-electron chi connectivity index (χ1n) is 7.91. The van der Waals surface area contributed by atoms with Crippen LogP contribution in [0, 0.1) is 0 Å². The van der Waals surface area contributed by atoms with Gasteiger partial charge in [-0.25, -0.2) is 0 Å². The van der Waals surface area contributed by atoms with Crippen molar-refractivity contribution >= 4 is 63.5 Å². The van der Waals surface area contributed by atoms with E-state index in [9.17, 15) is 9.59 Å². The fourth-order valence-electron chi connectivity index (χ4n) is 2.37. The molecule has 0 atom stereocenters. The van der Waals surface area contributed by atoms with E-state index in [1.165, 1.54) is 16.7 Å². The molecule has 3 rings (SSSR count). The minimum Gasteiger partial charge on any atom is -0.497 e. The van der Waals surface area contributed by atoms with E-state index in [1.54, 1.807) is 49.6 Å². The number of anilines is 1. The number of rotatable bonds is 5. The highest BCUT2D eigenvalue weighted by atomic mass is 35.5. The first-order valence-corrected chi connectivity index (χ1v) is 9.51. The number of halogens is 1. The molecule has 1 N–H and O–H groups in total. The first-order chi connectivity index (χ1) is 13.0. The van der Waals surface area contributed by atoms with Gasteiger partial charge in [-0.15, -0.1) is 0 Å². The number of ether oxygens (including phenoxy) is 1. The molecule has 1 saturated heterocycles. The maximum absolute atomic E-state index is 12.6. The largest absolute Gasteiger partial charge is 0.497 e. The highest BCUT2D eigenvalue weighted by Crippen LogP contribution is 2.32. The second-order valence-corrected chi connectivity index (χ2v) is 7.71. The lowest BCUT2D eigenvalue weighted by Crippen LogP contribution is -2.36. The predicted octanol–water partition coefficient (Wildman–Crippen LogP) is 4.19. The zero-order chi connectivity index (χ0) is 19.4. The van der Waals surface area contributed by atoms with Gasteiger partial charge in [-0.05, 0) is 48.0 Å². The number of amides is 2. The molecule has 27 heavy (non-hydrogen) atoms. The third-order valence-corrected chi connectivity index (χ3v) is 5.35. The molecule has 0 saturated carbocycles. The number of carbonyl (C=O) groups is 2. The third-order valence-electron chi connectivity index (χ3n) is 3.72. The number of carbonyl (C=O) groups excluding carboxylic acids is 2. The van der Waals surface area contributed by atoms with E-state index in [1.807, 2.05) is 12.1 Å². The number of nitrogens with zero attached hydrogens (tertiary/aromatic N) is 1. The molecule has 0 bridgehead atoms. The Hall–Kier alpha value is -2.35. The molecule has 0 spiro atoms. The monoisotopic (exact) mass is 418 g/mol. The molecule has 1 heterocycles. The Morgan fingerprint density at radius 2 is 1.89 bits per heavy atom. The summed E-state index contributed by atoms with van der Waals surface area (Å²) in [5.74, 6) is 0.0753. The molecule has 5 nitrogen and oxygen atoms in total. The maximum Gasteiger partial charge on any atom is 0.266 e. The first kappa shape index (κ1) is 19.4. The van der Waals surface area contributed by atoms with Gasteiger partial charge in [0.05, 0.1) is 12.0 Å². The zero-order valence-electron chi connectivity index (χ0n) is 14.3. The molecule has 0 aliphatic carbocycles. The van der Waals surface area contributed by atoms with Gasteiger partial charge in [-0.3, -0.25) is 14.5 Å². The SMILES string of the molecule is COc1ccc(NC(=O)CN2C(=O)/C(=C/c3ccc(Cl)cc3)SC2=S)cc1. The summed E-state index contributed by atoms with van der Waals surface area (Å²) in [6.45, 7) is -0.144. The van der Waals surface area contributed by atoms with E-state index in [0.717, 1.165) is 5.56 Å². The average Bonchev–Trinajstić information content (AvgIpc) is 2.91. The highest BCUT2D eigenvalue weighted by Gasteiger charge is 2.33. The molecule has 2 aromatic rings. The van der Waals surface area contributed by atoms with Gasteiger partial charge < -0.3 is 10.1 Å². The summed E-state index contributed by atoms with van der Waals surface area (Å²) in [4.78, 5) is 26.6. The van der Waals surface area contributed by atoms with E-state index >= 15 is 0 Å². The Morgan fingerprint density at radius 3 is 2.52 bits per heavy atom. The molecule has 0 radical (unpaired) electrons. The maximum atomic E-state index is 12.6. The summed E-state index contributed by atoms with van der Waals surface area (Å²) in [5.41, 5.74) is 1.45. The molecule has 1 aliphatic heterocycles. The van der Waals surface area contributed by atoms with Crippen molar-refractivity contribution < 1.29 is 14.3 Å². The van der Waals surface area contributed by atoms with Crippen LogP contribution in [0.2, 0.25) is 5.02 Å². The van der Waals surface area contributed by atoms with Crippen molar-refractivity contribution in [2.24, 2.45) is 0 Å². The van der Waals surface area contributed by atoms with Gasteiger partial charge in [0, 0.05) is 10.7 Å².